The van der Waals surface area contributed by atoms with Crippen molar-refractivity contribution in [3.8, 4) is 0 Å². The minimum atomic E-state index is 0.0645. The number of hydrogen-bond donors (Lipinski definition) is 1. The molecule has 3 nitrogen and oxygen atoms in total. The van der Waals surface area contributed by atoms with Gasteiger partial charge in [-0.1, -0.05) is 26.8 Å². The number of aryl methyl sites for hydroxylation is 2. The van der Waals surface area contributed by atoms with Crippen molar-refractivity contribution < 1.29 is 4.79 Å². The van der Waals surface area contributed by atoms with Gasteiger partial charge in [-0.25, -0.2) is 4.79 Å². The van der Waals surface area contributed by atoms with E-state index in [1.807, 2.05) is 6.07 Å². The van der Waals surface area contributed by atoms with E-state index in [-0.39, 0.29) is 11.4 Å². The second-order valence-corrected chi connectivity index (χ2v) is 8.57. The van der Waals surface area contributed by atoms with Gasteiger partial charge in [-0.15, -0.1) is 0 Å². The van der Waals surface area contributed by atoms with E-state index in [4.69, 9.17) is 0 Å². The van der Waals surface area contributed by atoms with Gasteiger partial charge >= 0.3 is 6.03 Å². The molecule has 1 saturated carbocycles. The first kappa shape index (κ1) is 15.4. The van der Waals surface area contributed by atoms with Crippen molar-refractivity contribution in [1.29, 1.82) is 0 Å². The average Bonchev–Trinajstić information content (AvgIpc) is 2.63. The Morgan fingerprint density at radius 2 is 1.91 bits per heavy atom. The predicted molar refractivity (Wildman–Crippen MR) is 91.2 cm³/mol. The zero-order valence-electron chi connectivity index (χ0n) is 14.5. The maximum atomic E-state index is 12.7. The van der Waals surface area contributed by atoms with E-state index in [1.54, 1.807) is 0 Å². The fraction of sp³-hybridized carbons (Fsp3) is 0.632. The van der Waals surface area contributed by atoms with Crippen LogP contribution in [-0.2, 0) is 0 Å². The molecule has 2 atom stereocenters. The minimum absolute atomic E-state index is 0.0645. The molecule has 2 bridgehead atoms. The lowest BCUT2D eigenvalue weighted by atomic mass is 9.65. The Balaban J connectivity index is 1.74. The standard InChI is InChI=1S/C19H28N2O/c1-13-6-7-15(8-14(13)2)20-17(22)21-12-19(5)10-16(21)9-18(3,4)11-19/h6-8,16H,9-12H2,1-5H3,(H,20,22). The molecule has 1 heterocycles. The number of anilines is 1. The predicted octanol–water partition coefficient (Wildman–Crippen LogP) is 4.74. The van der Waals surface area contributed by atoms with Gasteiger partial charge in [0.1, 0.15) is 0 Å². The third-order valence-electron chi connectivity index (χ3n) is 5.43. The van der Waals surface area contributed by atoms with E-state index in [9.17, 15) is 4.79 Å². The molecule has 2 amide bonds. The monoisotopic (exact) mass is 300 g/mol. The summed E-state index contributed by atoms with van der Waals surface area (Å²) in [5, 5.41) is 3.10. The number of urea groups is 1. The molecule has 3 heteroatoms. The summed E-state index contributed by atoms with van der Waals surface area (Å²) in [5.41, 5.74) is 3.99. The largest absolute Gasteiger partial charge is 0.322 e. The third kappa shape index (κ3) is 2.86. The SMILES string of the molecule is Cc1ccc(NC(=O)N2CC3(C)CC2CC(C)(C)C3)cc1C. The summed E-state index contributed by atoms with van der Waals surface area (Å²) in [6.07, 6.45) is 3.48. The van der Waals surface area contributed by atoms with Crippen molar-refractivity contribution in [1.82, 2.24) is 4.90 Å². The van der Waals surface area contributed by atoms with Crippen LogP contribution in [0.15, 0.2) is 18.2 Å². The maximum Gasteiger partial charge on any atom is 0.322 e. The molecule has 1 aromatic rings. The Labute approximate surface area is 134 Å². The van der Waals surface area contributed by atoms with Crippen LogP contribution in [0.3, 0.4) is 0 Å². The van der Waals surface area contributed by atoms with Crippen LogP contribution in [0, 0.1) is 24.7 Å². The van der Waals surface area contributed by atoms with Gasteiger partial charge < -0.3 is 10.2 Å². The highest BCUT2D eigenvalue weighted by atomic mass is 16.2. The third-order valence-corrected chi connectivity index (χ3v) is 5.43. The van der Waals surface area contributed by atoms with Gasteiger partial charge in [-0.3, -0.25) is 0 Å². The van der Waals surface area contributed by atoms with Crippen molar-refractivity contribution in [3.63, 3.8) is 0 Å². The second-order valence-electron chi connectivity index (χ2n) is 8.57. The summed E-state index contributed by atoms with van der Waals surface area (Å²) in [5.74, 6) is 0. The topological polar surface area (TPSA) is 32.3 Å². The lowest BCUT2D eigenvalue weighted by Gasteiger charge is -2.39. The Morgan fingerprint density at radius 3 is 2.59 bits per heavy atom. The Morgan fingerprint density at radius 1 is 1.18 bits per heavy atom. The molecule has 0 spiro atoms. The van der Waals surface area contributed by atoms with Crippen LogP contribution >= 0.6 is 0 Å². The molecule has 1 N–H and O–H groups in total. The first-order valence-corrected chi connectivity index (χ1v) is 8.32. The van der Waals surface area contributed by atoms with E-state index >= 15 is 0 Å². The van der Waals surface area contributed by atoms with Crippen molar-refractivity contribution in [3.05, 3.63) is 29.3 Å². The molecular weight excluding hydrogens is 272 g/mol. The van der Waals surface area contributed by atoms with Crippen LogP contribution in [0.4, 0.5) is 10.5 Å². The molecule has 1 aliphatic carbocycles. The van der Waals surface area contributed by atoms with E-state index in [1.165, 1.54) is 17.5 Å². The highest BCUT2D eigenvalue weighted by Gasteiger charge is 2.50. The number of nitrogens with zero attached hydrogens (tertiary/aromatic N) is 1. The van der Waals surface area contributed by atoms with Crippen LogP contribution in [-0.4, -0.2) is 23.5 Å². The summed E-state index contributed by atoms with van der Waals surface area (Å²) < 4.78 is 0. The number of rotatable bonds is 1. The van der Waals surface area contributed by atoms with Crippen LogP contribution < -0.4 is 5.32 Å². The van der Waals surface area contributed by atoms with E-state index < -0.39 is 0 Å². The highest BCUT2D eigenvalue weighted by molar-refractivity contribution is 5.90. The van der Waals surface area contributed by atoms with Gasteiger partial charge in [-0.2, -0.15) is 0 Å². The molecule has 2 aliphatic rings. The Kier molecular flexibility index (Phi) is 3.50. The minimum Gasteiger partial charge on any atom is -0.321 e. The van der Waals surface area contributed by atoms with E-state index in [0.717, 1.165) is 25.1 Å². The van der Waals surface area contributed by atoms with Crippen molar-refractivity contribution in [2.45, 2.75) is 59.9 Å². The molecule has 22 heavy (non-hydrogen) atoms. The van der Waals surface area contributed by atoms with Gasteiger partial charge in [-0.05, 0) is 67.2 Å². The summed E-state index contributed by atoms with van der Waals surface area (Å²) in [6, 6.07) is 6.57. The van der Waals surface area contributed by atoms with Crippen LogP contribution in [0.5, 0.6) is 0 Å². The summed E-state index contributed by atoms with van der Waals surface area (Å²) in [4.78, 5) is 14.8. The van der Waals surface area contributed by atoms with Gasteiger partial charge in [0.25, 0.3) is 0 Å². The highest BCUT2D eigenvalue weighted by Crippen LogP contribution is 2.52. The molecule has 0 aromatic heterocycles. The molecule has 0 radical (unpaired) electrons. The number of nitrogens with one attached hydrogen (secondary N) is 1. The molecule has 120 valence electrons. The number of likely N-dealkylation sites (tertiary alicyclic amines) is 1. The first-order valence-electron chi connectivity index (χ1n) is 8.32. The lowest BCUT2D eigenvalue weighted by Crippen LogP contribution is -2.40. The van der Waals surface area contributed by atoms with Crippen molar-refractivity contribution >= 4 is 11.7 Å². The fourth-order valence-corrected chi connectivity index (χ4v) is 4.71. The number of benzene rings is 1. The van der Waals surface area contributed by atoms with Gasteiger partial charge in [0.2, 0.25) is 0 Å². The average molecular weight is 300 g/mol. The smallest absolute Gasteiger partial charge is 0.321 e. The van der Waals surface area contributed by atoms with Crippen LogP contribution in [0.1, 0.15) is 51.2 Å². The molecule has 1 aromatic carbocycles. The van der Waals surface area contributed by atoms with E-state index in [2.05, 4.69) is 57.0 Å². The molecule has 3 rings (SSSR count). The maximum absolute atomic E-state index is 12.7. The van der Waals surface area contributed by atoms with Gasteiger partial charge in [0, 0.05) is 18.3 Å². The normalized spacial score (nSPS) is 29.5. The van der Waals surface area contributed by atoms with Crippen molar-refractivity contribution in [2.24, 2.45) is 10.8 Å². The molecule has 1 saturated heterocycles. The number of carbonyl (C=O) groups is 1. The first-order chi connectivity index (χ1) is 10.2. The second kappa shape index (κ2) is 5.00. The summed E-state index contributed by atoms with van der Waals surface area (Å²) in [6.45, 7) is 12.1. The molecular formula is C19H28N2O. The Hall–Kier alpha value is -1.51. The van der Waals surface area contributed by atoms with Gasteiger partial charge in [0.15, 0.2) is 0 Å². The van der Waals surface area contributed by atoms with E-state index in [0.29, 0.717) is 11.5 Å². The van der Waals surface area contributed by atoms with Crippen LogP contribution in [0.2, 0.25) is 0 Å². The molecule has 2 unspecified atom stereocenters. The van der Waals surface area contributed by atoms with Crippen LogP contribution in [0.25, 0.3) is 0 Å². The molecule has 1 aliphatic heterocycles. The summed E-state index contributed by atoms with van der Waals surface area (Å²) in [7, 11) is 0. The lowest BCUT2D eigenvalue weighted by molar-refractivity contribution is 0.130. The summed E-state index contributed by atoms with van der Waals surface area (Å²) >= 11 is 0. The fourth-order valence-electron chi connectivity index (χ4n) is 4.71. The quantitative estimate of drug-likeness (QED) is 0.798. The number of carbonyl (C=O) groups excluding carboxylic acids is 1. The number of hydrogen-bond acceptors (Lipinski definition) is 1. The number of amides is 2. The zero-order chi connectivity index (χ0) is 16.1. The Bertz CT molecular complexity index is 607. The van der Waals surface area contributed by atoms with Gasteiger partial charge in [0.05, 0.1) is 0 Å². The molecule has 2 fully saturated rings. The number of fused-ring (bicyclic) bond motifs is 2. The van der Waals surface area contributed by atoms with Crippen molar-refractivity contribution in [2.75, 3.05) is 11.9 Å². The zero-order valence-corrected chi connectivity index (χ0v) is 14.5.